The summed E-state index contributed by atoms with van der Waals surface area (Å²) >= 11 is 5.75. The van der Waals surface area contributed by atoms with Gasteiger partial charge in [0.25, 0.3) is 5.56 Å². The van der Waals surface area contributed by atoms with E-state index in [1.54, 1.807) is 6.92 Å². The highest BCUT2D eigenvalue weighted by Gasteiger charge is 2.24. The van der Waals surface area contributed by atoms with Gasteiger partial charge in [-0.25, -0.2) is 4.79 Å². The maximum absolute atomic E-state index is 11.9. The molecule has 0 aromatic carbocycles. The summed E-state index contributed by atoms with van der Waals surface area (Å²) in [6.07, 6.45) is 0.820. The highest BCUT2D eigenvalue weighted by atomic mass is 35.5. The Kier molecular flexibility index (Phi) is 2.90. The fraction of sp³-hybridized carbons (Fsp3) is 0.600. The number of nitrogens with zero attached hydrogens (tertiary/aromatic N) is 2. The molecular weight excluding hydrogens is 230 g/mol. The molecular formula is C10H14ClN3O2. The van der Waals surface area contributed by atoms with Crippen LogP contribution >= 0.6 is 11.6 Å². The molecule has 0 radical (unpaired) electrons. The molecule has 88 valence electrons. The Morgan fingerprint density at radius 2 is 2.12 bits per heavy atom. The van der Waals surface area contributed by atoms with Crippen molar-refractivity contribution >= 4 is 11.6 Å². The van der Waals surface area contributed by atoms with Gasteiger partial charge in [-0.15, -0.1) is 0 Å². The second-order valence-electron chi connectivity index (χ2n) is 4.25. The third-order valence-electron chi connectivity index (χ3n) is 3.04. The lowest BCUT2D eigenvalue weighted by Crippen LogP contribution is -2.40. The fourth-order valence-electron chi connectivity index (χ4n) is 2.07. The van der Waals surface area contributed by atoms with Crippen molar-refractivity contribution < 1.29 is 0 Å². The molecule has 1 aromatic heterocycles. The standard InChI is InChI=1S/C10H14ClN3O2/c1-6-8(11)12-10(16)14(9(6)15)7-3-4-13(2)5-7/h7H,3-5H2,1-2H3,(H,12,16). The van der Waals surface area contributed by atoms with E-state index in [-0.39, 0.29) is 16.8 Å². The lowest BCUT2D eigenvalue weighted by molar-refractivity contribution is 0.385. The molecule has 1 N–H and O–H groups in total. The number of aromatic nitrogens is 2. The molecule has 1 aromatic rings. The zero-order chi connectivity index (χ0) is 11.9. The first-order valence-corrected chi connectivity index (χ1v) is 5.58. The highest BCUT2D eigenvalue weighted by molar-refractivity contribution is 6.30. The minimum absolute atomic E-state index is 0.0442. The van der Waals surface area contributed by atoms with Crippen LogP contribution in [0.2, 0.25) is 5.15 Å². The minimum Gasteiger partial charge on any atom is -0.304 e. The largest absolute Gasteiger partial charge is 0.329 e. The van der Waals surface area contributed by atoms with Crippen molar-refractivity contribution in [2.24, 2.45) is 0 Å². The SMILES string of the molecule is Cc1c(Cl)[nH]c(=O)n(C2CCN(C)C2)c1=O. The van der Waals surface area contributed by atoms with Gasteiger partial charge in [0, 0.05) is 12.1 Å². The molecule has 2 heterocycles. The molecule has 1 saturated heterocycles. The van der Waals surface area contributed by atoms with E-state index in [1.807, 2.05) is 7.05 Å². The van der Waals surface area contributed by atoms with Crippen LogP contribution in [0.5, 0.6) is 0 Å². The Morgan fingerprint density at radius 3 is 2.69 bits per heavy atom. The van der Waals surface area contributed by atoms with Gasteiger partial charge in [0.1, 0.15) is 5.15 Å². The molecule has 0 amide bonds. The van der Waals surface area contributed by atoms with Crippen molar-refractivity contribution in [1.82, 2.24) is 14.5 Å². The van der Waals surface area contributed by atoms with Crippen LogP contribution in [-0.4, -0.2) is 34.6 Å². The number of hydrogen-bond donors (Lipinski definition) is 1. The first kappa shape index (κ1) is 11.4. The van der Waals surface area contributed by atoms with Crippen LogP contribution in [0.1, 0.15) is 18.0 Å². The smallest absolute Gasteiger partial charge is 0.304 e. The van der Waals surface area contributed by atoms with Gasteiger partial charge in [0.2, 0.25) is 0 Å². The Hall–Kier alpha value is -1.07. The predicted octanol–water partition coefficient (Wildman–Crippen LogP) is 0.375. The summed E-state index contributed by atoms with van der Waals surface area (Å²) in [6, 6.07) is -0.0442. The van der Waals surface area contributed by atoms with Gasteiger partial charge in [-0.2, -0.15) is 0 Å². The molecule has 0 bridgehead atoms. The predicted molar refractivity (Wildman–Crippen MR) is 62.2 cm³/mol. The Morgan fingerprint density at radius 1 is 1.44 bits per heavy atom. The van der Waals surface area contributed by atoms with Crippen molar-refractivity contribution in [2.75, 3.05) is 20.1 Å². The second-order valence-corrected chi connectivity index (χ2v) is 4.63. The first-order chi connectivity index (χ1) is 7.50. The summed E-state index contributed by atoms with van der Waals surface area (Å²) in [6.45, 7) is 3.25. The summed E-state index contributed by atoms with van der Waals surface area (Å²) in [4.78, 5) is 28.2. The molecule has 1 atom stereocenters. The van der Waals surface area contributed by atoms with E-state index < -0.39 is 5.69 Å². The van der Waals surface area contributed by atoms with Crippen LogP contribution < -0.4 is 11.2 Å². The lowest BCUT2D eigenvalue weighted by atomic mass is 10.2. The number of halogens is 1. The van der Waals surface area contributed by atoms with Crippen LogP contribution in [0.3, 0.4) is 0 Å². The third kappa shape index (κ3) is 1.81. The molecule has 6 heteroatoms. The van der Waals surface area contributed by atoms with Gasteiger partial charge in [-0.1, -0.05) is 11.6 Å². The van der Waals surface area contributed by atoms with E-state index in [1.165, 1.54) is 4.57 Å². The van der Waals surface area contributed by atoms with Crippen LogP contribution in [0.25, 0.3) is 0 Å². The Bertz CT molecular complexity index is 520. The van der Waals surface area contributed by atoms with Gasteiger partial charge in [-0.3, -0.25) is 14.3 Å². The van der Waals surface area contributed by atoms with E-state index in [0.717, 1.165) is 19.5 Å². The zero-order valence-electron chi connectivity index (χ0n) is 9.29. The summed E-state index contributed by atoms with van der Waals surface area (Å²) in [5.41, 5.74) is -0.300. The molecule has 0 saturated carbocycles. The maximum Gasteiger partial charge on any atom is 0.329 e. The molecule has 0 spiro atoms. The van der Waals surface area contributed by atoms with Crippen molar-refractivity contribution in [3.8, 4) is 0 Å². The Balaban J connectivity index is 2.53. The molecule has 1 aliphatic rings. The van der Waals surface area contributed by atoms with Gasteiger partial charge in [-0.05, 0) is 26.9 Å². The van der Waals surface area contributed by atoms with Gasteiger partial charge in [0.05, 0.1) is 6.04 Å². The van der Waals surface area contributed by atoms with E-state index in [9.17, 15) is 9.59 Å². The molecule has 0 aliphatic carbocycles. The van der Waals surface area contributed by atoms with Gasteiger partial charge in [0.15, 0.2) is 0 Å². The summed E-state index contributed by atoms with van der Waals surface area (Å²) in [5, 5.41) is 0.137. The van der Waals surface area contributed by atoms with E-state index in [2.05, 4.69) is 9.88 Å². The maximum atomic E-state index is 11.9. The number of H-pyrrole nitrogens is 1. The molecule has 2 rings (SSSR count). The number of likely N-dealkylation sites (tertiary alicyclic amines) is 1. The number of likely N-dealkylation sites (N-methyl/N-ethyl adjacent to an activating group) is 1. The lowest BCUT2D eigenvalue weighted by Gasteiger charge is -2.13. The second kappa shape index (κ2) is 4.07. The van der Waals surface area contributed by atoms with Gasteiger partial charge >= 0.3 is 5.69 Å². The number of aromatic amines is 1. The van der Waals surface area contributed by atoms with E-state index >= 15 is 0 Å². The molecule has 1 fully saturated rings. The van der Waals surface area contributed by atoms with Crippen molar-refractivity contribution in [3.63, 3.8) is 0 Å². The summed E-state index contributed by atoms with van der Waals surface area (Å²) in [7, 11) is 1.97. The number of nitrogens with one attached hydrogen (secondary N) is 1. The van der Waals surface area contributed by atoms with Crippen molar-refractivity contribution in [3.05, 3.63) is 31.6 Å². The minimum atomic E-state index is -0.416. The normalized spacial score (nSPS) is 21.6. The van der Waals surface area contributed by atoms with E-state index in [0.29, 0.717) is 5.56 Å². The first-order valence-electron chi connectivity index (χ1n) is 5.20. The van der Waals surface area contributed by atoms with Crippen LogP contribution in [0.15, 0.2) is 9.59 Å². The summed E-state index contributed by atoms with van der Waals surface area (Å²) < 4.78 is 1.28. The quantitative estimate of drug-likeness (QED) is 0.726. The van der Waals surface area contributed by atoms with Gasteiger partial charge < -0.3 is 4.90 Å². The van der Waals surface area contributed by atoms with Crippen molar-refractivity contribution in [1.29, 1.82) is 0 Å². The van der Waals surface area contributed by atoms with Crippen LogP contribution in [-0.2, 0) is 0 Å². The molecule has 16 heavy (non-hydrogen) atoms. The topological polar surface area (TPSA) is 58.1 Å². The fourth-order valence-corrected chi connectivity index (χ4v) is 2.23. The molecule has 5 nitrogen and oxygen atoms in total. The molecule has 1 aliphatic heterocycles. The van der Waals surface area contributed by atoms with E-state index in [4.69, 9.17) is 11.6 Å². The molecule has 1 unspecified atom stereocenters. The van der Waals surface area contributed by atoms with Crippen LogP contribution in [0, 0.1) is 6.92 Å². The number of hydrogen-bond acceptors (Lipinski definition) is 3. The number of rotatable bonds is 1. The third-order valence-corrected chi connectivity index (χ3v) is 3.41. The zero-order valence-corrected chi connectivity index (χ0v) is 10.0. The Labute approximate surface area is 97.7 Å². The highest BCUT2D eigenvalue weighted by Crippen LogP contribution is 2.17. The summed E-state index contributed by atoms with van der Waals surface area (Å²) in [5.74, 6) is 0. The monoisotopic (exact) mass is 243 g/mol. The van der Waals surface area contributed by atoms with Crippen LogP contribution in [0.4, 0.5) is 0 Å². The van der Waals surface area contributed by atoms with Crippen molar-refractivity contribution in [2.45, 2.75) is 19.4 Å². The average Bonchev–Trinajstić information content (AvgIpc) is 2.61. The average molecular weight is 244 g/mol.